The summed E-state index contributed by atoms with van der Waals surface area (Å²) in [5.41, 5.74) is 4.34. The van der Waals surface area contributed by atoms with Gasteiger partial charge in [0, 0.05) is 20.9 Å². The van der Waals surface area contributed by atoms with Crippen LogP contribution in [-0.4, -0.2) is 42.3 Å². The van der Waals surface area contributed by atoms with Crippen LogP contribution in [-0.2, 0) is 0 Å². The van der Waals surface area contributed by atoms with Crippen LogP contribution in [0.1, 0.15) is 0 Å². The minimum Gasteiger partial charge on any atom is -0.493 e. The van der Waals surface area contributed by atoms with Gasteiger partial charge in [-0.25, -0.2) is 0 Å². The summed E-state index contributed by atoms with van der Waals surface area (Å²) in [5.74, 6) is 1.45. The van der Waals surface area contributed by atoms with E-state index in [1.165, 1.54) is 9.00 Å². The molecule has 1 aliphatic rings. The number of thiophene rings is 2. The van der Waals surface area contributed by atoms with Gasteiger partial charge >= 0.3 is 6.92 Å². The molecule has 1 aliphatic heterocycles. The Balaban J connectivity index is 2.08. The molecule has 3 aromatic rings. The summed E-state index contributed by atoms with van der Waals surface area (Å²) in [6.45, 7) is 13.6. The van der Waals surface area contributed by atoms with Crippen LogP contribution in [0.3, 0.4) is 0 Å². The number of benzene rings is 1. The third-order valence-corrected chi connectivity index (χ3v) is 15.1. The van der Waals surface area contributed by atoms with Crippen molar-refractivity contribution in [3.8, 4) is 32.4 Å². The molecule has 3 nitrogen and oxygen atoms in total. The summed E-state index contributed by atoms with van der Waals surface area (Å²) in [5, 5.41) is 11.6. The molecule has 1 aromatic carbocycles. The van der Waals surface area contributed by atoms with Crippen molar-refractivity contribution < 1.29 is 14.5 Å². The zero-order valence-electron chi connectivity index (χ0n) is 19.0. The molecule has 2 aromatic heterocycles. The van der Waals surface area contributed by atoms with Crippen molar-refractivity contribution in [1.82, 2.24) is 0 Å². The molecule has 0 saturated heterocycles. The minimum absolute atomic E-state index is 0.609. The average molecular weight is 473 g/mol. The third-order valence-electron chi connectivity index (χ3n) is 5.60. The van der Waals surface area contributed by atoms with Crippen LogP contribution in [0.15, 0.2) is 24.3 Å². The van der Waals surface area contributed by atoms with Gasteiger partial charge in [0.05, 0.1) is 30.4 Å². The van der Waals surface area contributed by atoms with Crippen LogP contribution in [0.2, 0.25) is 39.3 Å². The van der Waals surface area contributed by atoms with E-state index in [0.717, 1.165) is 43.3 Å². The van der Waals surface area contributed by atoms with E-state index >= 15 is 0 Å². The van der Waals surface area contributed by atoms with Gasteiger partial charge in [-0.2, -0.15) is 0 Å². The number of ether oxygens (including phenoxy) is 2. The Labute approximate surface area is 189 Å². The van der Waals surface area contributed by atoms with Crippen molar-refractivity contribution in [2.75, 3.05) is 14.2 Å². The van der Waals surface area contributed by atoms with E-state index in [0.29, 0.717) is 0 Å². The maximum atomic E-state index is 11.6. The molecule has 0 fully saturated rings. The van der Waals surface area contributed by atoms with Crippen molar-refractivity contribution in [3.05, 3.63) is 24.3 Å². The number of methoxy groups -OCH3 is 2. The summed E-state index contributed by atoms with van der Waals surface area (Å²) in [4.78, 5) is 2.32. The molecule has 4 rings (SSSR count). The lowest BCUT2D eigenvalue weighted by atomic mass is 9.56. The standard InChI is InChI=1S/C22H29BO3S2Si2/c1-25-17-9-13-14(10-18(17)26-2)22-16(12-20(28-22)30(6,7)8)23(24)15-11-19(27-21(13)15)29(3,4)5/h9-12,24H,1-8H3. The molecule has 8 heteroatoms. The highest BCUT2D eigenvalue weighted by Gasteiger charge is 2.36. The highest BCUT2D eigenvalue weighted by Crippen LogP contribution is 2.44. The Morgan fingerprint density at radius 3 is 1.37 bits per heavy atom. The Morgan fingerprint density at radius 2 is 1.07 bits per heavy atom. The minimum atomic E-state index is -1.51. The zero-order valence-corrected chi connectivity index (χ0v) is 22.6. The number of rotatable bonds is 4. The molecule has 0 unspecified atom stereocenters. The monoisotopic (exact) mass is 472 g/mol. The lowest BCUT2D eigenvalue weighted by Gasteiger charge is -2.15. The fraction of sp³-hybridized carbons (Fsp3) is 0.364. The van der Waals surface area contributed by atoms with Crippen LogP contribution < -0.4 is 29.4 Å². The van der Waals surface area contributed by atoms with Gasteiger partial charge in [-0.15, -0.1) is 22.7 Å². The first-order chi connectivity index (χ1) is 14.0. The average Bonchev–Trinajstić information content (AvgIpc) is 3.29. The van der Waals surface area contributed by atoms with Gasteiger partial charge in [-0.05, 0) is 32.1 Å². The lowest BCUT2D eigenvalue weighted by Crippen LogP contribution is -2.44. The Kier molecular flexibility index (Phi) is 5.38. The SMILES string of the molecule is COc1cc2c(cc1OC)-c1sc([Si](C)(C)C)cc1B(O)c1cc([Si](C)(C)C)sc1-2. The third kappa shape index (κ3) is 3.52. The van der Waals surface area contributed by atoms with Crippen molar-refractivity contribution in [1.29, 1.82) is 0 Å². The van der Waals surface area contributed by atoms with E-state index in [1.54, 1.807) is 14.2 Å². The Morgan fingerprint density at radius 1 is 0.700 bits per heavy atom. The molecule has 0 atom stereocenters. The molecule has 1 N–H and O–H groups in total. The quantitative estimate of drug-likeness (QED) is 0.589. The molecule has 0 saturated carbocycles. The van der Waals surface area contributed by atoms with Gasteiger partial charge in [0.1, 0.15) is 0 Å². The second-order valence-electron chi connectivity index (χ2n) is 9.95. The normalized spacial score (nSPS) is 13.4. The summed E-state index contributed by atoms with van der Waals surface area (Å²) in [6, 6.07) is 8.71. The number of fused-ring (bicyclic) bond motifs is 5. The fourth-order valence-corrected chi connectivity index (χ4v) is 9.98. The van der Waals surface area contributed by atoms with Gasteiger partial charge in [-0.1, -0.05) is 51.4 Å². The van der Waals surface area contributed by atoms with Crippen LogP contribution in [0.5, 0.6) is 11.5 Å². The molecule has 158 valence electrons. The highest BCUT2D eigenvalue weighted by atomic mass is 32.1. The van der Waals surface area contributed by atoms with Crippen molar-refractivity contribution in [2.24, 2.45) is 0 Å². The first-order valence-electron chi connectivity index (χ1n) is 10.2. The first kappa shape index (κ1) is 21.9. The van der Waals surface area contributed by atoms with Crippen LogP contribution >= 0.6 is 22.7 Å². The predicted octanol–water partition coefficient (Wildman–Crippen LogP) is 3.66. The van der Waals surface area contributed by atoms with Gasteiger partial charge < -0.3 is 14.5 Å². The van der Waals surface area contributed by atoms with E-state index < -0.39 is 23.1 Å². The highest BCUT2D eigenvalue weighted by molar-refractivity contribution is 7.32. The zero-order chi connectivity index (χ0) is 22.0. The molecule has 3 heterocycles. The number of hydrogen-bond acceptors (Lipinski definition) is 5. The first-order valence-corrected chi connectivity index (χ1v) is 18.8. The van der Waals surface area contributed by atoms with Crippen LogP contribution in [0.25, 0.3) is 20.9 Å². The molecular weight excluding hydrogens is 443 g/mol. The van der Waals surface area contributed by atoms with Gasteiger partial charge in [-0.3, -0.25) is 0 Å². The van der Waals surface area contributed by atoms with E-state index in [-0.39, 0.29) is 0 Å². The molecule has 30 heavy (non-hydrogen) atoms. The summed E-state index contributed by atoms with van der Waals surface area (Å²) in [6.07, 6.45) is 0. The second-order valence-corrected chi connectivity index (χ2v) is 22.9. The molecule has 0 bridgehead atoms. The van der Waals surface area contributed by atoms with E-state index in [9.17, 15) is 5.02 Å². The summed E-state index contributed by atoms with van der Waals surface area (Å²) in [7, 11) is 0.336. The molecule has 0 amide bonds. The maximum Gasteiger partial charge on any atom is 0.361 e. The molecule has 0 spiro atoms. The number of hydrogen-bond donors (Lipinski definition) is 1. The van der Waals surface area contributed by atoms with Gasteiger partial charge in [0.2, 0.25) is 0 Å². The maximum absolute atomic E-state index is 11.6. The topological polar surface area (TPSA) is 38.7 Å². The van der Waals surface area contributed by atoms with E-state index in [2.05, 4.69) is 63.5 Å². The van der Waals surface area contributed by atoms with Gasteiger partial charge in [0.25, 0.3) is 0 Å². The van der Waals surface area contributed by atoms with Crippen molar-refractivity contribution in [2.45, 2.75) is 39.3 Å². The Bertz CT molecular complexity index is 1040. The fourth-order valence-electron chi connectivity index (χ4n) is 3.80. The van der Waals surface area contributed by atoms with Crippen LogP contribution in [0.4, 0.5) is 0 Å². The lowest BCUT2D eigenvalue weighted by molar-refractivity contribution is 0.355. The summed E-state index contributed by atoms with van der Waals surface area (Å²) >= 11 is 3.67. The summed E-state index contributed by atoms with van der Waals surface area (Å²) < 4.78 is 14.1. The molecular formula is C22H29BO3S2Si2. The predicted molar refractivity (Wildman–Crippen MR) is 139 cm³/mol. The smallest absolute Gasteiger partial charge is 0.361 e. The van der Waals surface area contributed by atoms with E-state index in [1.807, 2.05) is 22.7 Å². The van der Waals surface area contributed by atoms with E-state index in [4.69, 9.17) is 9.47 Å². The van der Waals surface area contributed by atoms with Crippen molar-refractivity contribution in [3.63, 3.8) is 0 Å². The molecule has 0 aliphatic carbocycles. The second kappa shape index (κ2) is 7.38. The molecule has 0 radical (unpaired) electrons. The van der Waals surface area contributed by atoms with Crippen LogP contribution in [0, 0.1) is 0 Å². The van der Waals surface area contributed by atoms with Gasteiger partial charge in [0.15, 0.2) is 11.5 Å². The largest absolute Gasteiger partial charge is 0.493 e. The van der Waals surface area contributed by atoms with Crippen molar-refractivity contribution >= 4 is 65.7 Å². The Hall–Kier alpha value is -1.32.